The minimum absolute atomic E-state index is 0.202. The molecule has 3 N–H and O–H groups in total. The lowest BCUT2D eigenvalue weighted by molar-refractivity contribution is 0.103. The highest BCUT2D eigenvalue weighted by Crippen LogP contribution is 2.36. The first-order valence-electron chi connectivity index (χ1n) is 9.56. The second-order valence-corrected chi connectivity index (χ2v) is 8.18. The fourth-order valence-corrected chi connectivity index (χ4v) is 4.89. The molecule has 3 heterocycles. The summed E-state index contributed by atoms with van der Waals surface area (Å²) in [4.78, 5) is 23.6. The number of carbonyl (C=O) groups excluding carboxylic acids is 1. The van der Waals surface area contributed by atoms with E-state index in [1.54, 1.807) is 6.20 Å². The molecule has 1 aliphatic carbocycles. The summed E-state index contributed by atoms with van der Waals surface area (Å²) in [6, 6.07) is 11.7. The number of hydrogen-bond donors (Lipinski definition) is 2. The van der Waals surface area contributed by atoms with Crippen LogP contribution in [0.2, 0.25) is 0 Å². The van der Waals surface area contributed by atoms with Crippen molar-refractivity contribution < 1.29 is 4.79 Å². The maximum Gasteiger partial charge on any atom is 0.267 e. The smallest absolute Gasteiger partial charge is 0.267 e. The molecule has 5 nitrogen and oxygen atoms in total. The maximum atomic E-state index is 13.0. The van der Waals surface area contributed by atoms with E-state index in [0.29, 0.717) is 10.6 Å². The van der Waals surface area contributed by atoms with E-state index in [0.717, 1.165) is 39.6 Å². The third-order valence-corrected chi connectivity index (χ3v) is 6.46. The van der Waals surface area contributed by atoms with Gasteiger partial charge in [0.05, 0.1) is 16.9 Å². The van der Waals surface area contributed by atoms with Gasteiger partial charge in [0.2, 0.25) is 0 Å². The molecule has 0 bridgehead atoms. The van der Waals surface area contributed by atoms with Gasteiger partial charge >= 0.3 is 0 Å². The zero-order chi connectivity index (χ0) is 19.1. The van der Waals surface area contributed by atoms with E-state index in [4.69, 9.17) is 10.7 Å². The van der Waals surface area contributed by atoms with Crippen LogP contribution in [0.4, 0.5) is 11.4 Å². The van der Waals surface area contributed by atoms with Gasteiger partial charge in [0.1, 0.15) is 9.71 Å². The predicted octanol–water partition coefficient (Wildman–Crippen LogP) is 4.95. The predicted molar refractivity (Wildman–Crippen MR) is 115 cm³/mol. The molecule has 0 radical (unpaired) electrons. The first kappa shape index (κ1) is 17.1. The van der Waals surface area contributed by atoms with Crippen LogP contribution in [-0.4, -0.2) is 15.9 Å². The normalized spacial score (nSPS) is 14.0. The molecular weight excluding hydrogens is 368 g/mol. The number of pyridine rings is 2. The first-order chi connectivity index (χ1) is 13.7. The monoisotopic (exact) mass is 388 g/mol. The number of fused-ring (bicyclic) bond motifs is 3. The van der Waals surface area contributed by atoms with E-state index in [2.05, 4.69) is 16.4 Å². The molecule has 1 aromatic carbocycles. The van der Waals surface area contributed by atoms with Crippen molar-refractivity contribution >= 4 is 49.7 Å². The average Bonchev–Trinajstić information content (AvgIpc) is 2.88. The number of benzene rings is 1. The largest absolute Gasteiger partial charge is 0.397 e. The Bertz CT molecular complexity index is 1210. The molecule has 5 rings (SSSR count). The minimum Gasteiger partial charge on any atom is -0.397 e. The Morgan fingerprint density at radius 3 is 2.89 bits per heavy atom. The van der Waals surface area contributed by atoms with Crippen LogP contribution in [0, 0.1) is 0 Å². The van der Waals surface area contributed by atoms with Crippen LogP contribution in [0.15, 0.2) is 42.6 Å². The van der Waals surface area contributed by atoms with Crippen molar-refractivity contribution in [3.8, 4) is 0 Å². The van der Waals surface area contributed by atoms with E-state index >= 15 is 0 Å². The summed E-state index contributed by atoms with van der Waals surface area (Å²) in [6.07, 6.45) is 7.40. The van der Waals surface area contributed by atoms with Crippen molar-refractivity contribution in [1.29, 1.82) is 0 Å². The molecule has 4 aromatic rings. The summed E-state index contributed by atoms with van der Waals surface area (Å²) in [5, 5.41) is 4.81. The Labute approximate surface area is 166 Å². The number of nitrogen functional groups attached to an aromatic ring is 1. The van der Waals surface area contributed by atoms with Crippen LogP contribution in [0.1, 0.15) is 40.2 Å². The summed E-state index contributed by atoms with van der Waals surface area (Å²) in [7, 11) is 0. The Morgan fingerprint density at radius 1 is 1.07 bits per heavy atom. The number of aryl methyl sites for hydroxylation is 2. The average molecular weight is 388 g/mol. The number of nitrogens with two attached hydrogens (primary N) is 1. The van der Waals surface area contributed by atoms with Gasteiger partial charge in [-0.25, -0.2) is 4.98 Å². The van der Waals surface area contributed by atoms with Gasteiger partial charge in [-0.2, -0.15) is 0 Å². The molecule has 28 heavy (non-hydrogen) atoms. The molecule has 0 aliphatic heterocycles. The van der Waals surface area contributed by atoms with Gasteiger partial charge in [-0.3, -0.25) is 9.78 Å². The Morgan fingerprint density at radius 2 is 1.96 bits per heavy atom. The van der Waals surface area contributed by atoms with Crippen LogP contribution in [-0.2, 0) is 12.8 Å². The molecule has 0 atom stereocenters. The number of amides is 1. The molecule has 0 saturated heterocycles. The Kier molecular flexibility index (Phi) is 4.20. The van der Waals surface area contributed by atoms with Crippen molar-refractivity contribution in [1.82, 2.24) is 9.97 Å². The molecule has 1 amide bonds. The van der Waals surface area contributed by atoms with Gasteiger partial charge in [-0.05, 0) is 61.6 Å². The van der Waals surface area contributed by atoms with E-state index in [-0.39, 0.29) is 5.91 Å². The van der Waals surface area contributed by atoms with Crippen molar-refractivity contribution in [2.24, 2.45) is 0 Å². The molecule has 140 valence electrons. The molecular formula is C22H20N4OS. The third kappa shape index (κ3) is 2.90. The number of anilines is 2. The molecule has 0 spiro atoms. The second kappa shape index (κ2) is 6.87. The van der Waals surface area contributed by atoms with Gasteiger partial charge in [0.15, 0.2) is 0 Å². The Balaban J connectivity index is 1.53. The zero-order valence-electron chi connectivity index (χ0n) is 15.4. The lowest BCUT2D eigenvalue weighted by Crippen LogP contribution is -2.12. The number of nitrogens with zero attached hydrogens (tertiary/aromatic N) is 2. The lowest BCUT2D eigenvalue weighted by Gasteiger charge is -2.07. The van der Waals surface area contributed by atoms with E-state index in [9.17, 15) is 4.79 Å². The Hall–Kier alpha value is -2.99. The molecule has 0 fully saturated rings. The number of rotatable bonds is 2. The lowest BCUT2D eigenvalue weighted by atomic mass is 10.1. The fourth-order valence-electron chi connectivity index (χ4n) is 3.90. The van der Waals surface area contributed by atoms with Crippen LogP contribution >= 0.6 is 11.3 Å². The number of aromatic nitrogens is 2. The van der Waals surface area contributed by atoms with Gasteiger partial charge in [-0.15, -0.1) is 11.3 Å². The van der Waals surface area contributed by atoms with E-state index < -0.39 is 0 Å². The summed E-state index contributed by atoms with van der Waals surface area (Å²) in [6.45, 7) is 0. The summed E-state index contributed by atoms with van der Waals surface area (Å²) in [5.41, 5.74) is 10.9. The highest BCUT2D eigenvalue weighted by atomic mass is 32.1. The van der Waals surface area contributed by atoms with Gasteiger partial charge in [-0.1, -0.05) is 12.5 Å². The molecule has 6 heteroatoms. The van der Waals surface area contributed by atoms with Gasteiger partial charge in [0, 0.05) is 22.7 Å². The number of hydrogen-bond acceptors (Lipinski definition) is 5. The highest BCUT2D eigenvalue weighted by molar-refractivity contribution is 7.21. The molecule has 0 unspecified atom stereocenters. The highest BCUT2D eigenvalue weighted by Gasteiger charge is 2.20. The zero-order valence-corrected chi connectivity index (χ0v) is 16.2. The van der Waals surface area contributed by atoms with E-state index in [1.807, 2.05) is 30.3 Å². The first-order valence-corrected chi connectivity index (χ1v) is 10.4. The molecule has 0 saturated carbocycles. The van der Waals surface area contributed by atoms with Crippen LogP contribution in [0.25, 0.3) is 21.1 Å². The van der Waals surface area contributed by atoms with Crippen molar-refractivity contribution in [2.75, 3.05) is 11.1 Å². The van der Waals surface area contributed by atoms with Crippen molar-refractivity contribution in [3.63, 3.8) is 0 Å². The van der Waals surface area contributed by atoms with Crippen molar-refractivity contribution in [2.45, 2.75) is 32.1 Å². The fraction of sp³-hybridized carbons (Fsp3) is 0.227. The summed E-state index contributed by atoms with van der Waals surface area (Å²) in [5.74, 6) is -0.202. The third-order valence-electron chi connectivity index (χ3n) is 5.35. The van der Waals surface area contributed by atoms with Crippen LogP contribution in [0.5, 0.6) is 0 Å². The topological polar surface area (TPSA) is 80.9 Å². The van der Waals surface area contributed by atoms with Gasteiger partial charge < -0.3 is 11.1 Å². The summed E-state index contributed by atoms with van der Waals surface area (Å²) < 4.78 is 0. The quantitative estimate of drug-likeness (QED) is 0.476. The minimum atomic E-state index is -0.202. The van der Waals surface area contributed by atoms with Crippen molar-refractivity contribution in [3.05, 3.63) is 58.7 Å². The maximum absolute atomic E-state index is 13.0. The van der Waals surface area contributed by atoms with Crippen LogP contribution in [0.3, 0.4) is 0 Å². The standard InChI is InChI=1S/C22H20N4OS/c23-19-15-12-13-6-2-1-3-8-16(13)26-22(15)28-20(19)21(27)25-18-10-4-9-17-14(18)7-5-11-24-17/h4-5,7,9-12H,1-3,6,8,23H2,(H,25,27). The number of thiophene rings is 1. The van der Waals surface area contributed by atoms with Crippen LogP contribution < -0.4 is 11.1 Å². The summed E-state index contributed by atoms with van der Waals surface area (Å²) >= 11 is 1.37. The SMILES string of the molecule is Nc1c(C(=O)Nc2cccc3ncccc23)sc2nc3c(cc12)CCCCC3. The van der Waals surface area contributed by atoms with E-state index in [1.165, 1.54) is 41.9 Å². The number of carbonyl (C=O) groups is 1. The molecule has 1 aliphatic rings. The molecule has 3 aromatic heterocycles. The second-order valence-electron chi connectivity index (χ2n) is 7.18. The number of nitrogens with one attached hydrogen (secondary N) is 1. The van der Waals surface area contributed by atoms with Gasteiger partial charge in [0.25, 0.3) is 5.91 Å².